The van der Waals surface area contributed by atoms with Crippen LogP contribution >= 0.6 is 0 Å². The van der Waals surface area contributed by atoms with Crippen molar-refractivity contribution in [2.45, 2.75) is 39.5 Å². The summed E-state index contributed by atoms with van der Waals surface area (Å²) in [5.41, 5.74) is 5.10. The Labute approximate surface area is 169 Å². The average molecular weight is 377 g/mol. The monoisotopic (exact) mass is 376 g/mol. The zero-order chi connectivity index (χ0) is 20.1. The number of hydrogen-bond donors (Lipinski definition) is 0. The molecule has 0 bridgehead atoms. The Hall–Kier alpha value is -2.48. The third-order valence-corrected chi connectivity index (χ3v) is 5.85. The molecular weight excluding hydrogens is 344 g/mol. The van der Waals surface area contributed by atoms with Crippen LogP contribution in [-0.4, -0.2) is 14.2 Å². The second-order valence-electron chi connectivity index (χ2n) is 8.06. The van der Waals surface area contributed by atoms with Crippen molar-refractivity contribution < 1.29 is 9.47 Å². The first-order valence-corrected chi connectivity index (χ1v) is 10.2. The van der Waals surface area contributed by atoms with Gasteiger partial charge < -0.3 is 9.47 Å². The lowest BCUT2D eigenvalue weighted by molar-refractivity contribution is 0.307. The summed E-state index contributed by atoms with van der Waals surface area (Å²) in [7, 11) is 3.47. The van der Waals surface area contributed by atoms with Gasteiger partial charge in [-0.25, -0.2) is 0 Å². The van der Waals surface area contributed by atoms with Gasteiger partial charge in [0.25, 0.3) is 0 Å². The van der Waals surface area contributed by atoms with Crippen LogP contribution in [0.15, 0.2) is 54.1 Å². The minimum atomic E-state index is 0.352. The Kier molecular flexibility index (Phi) is 6.61. The van der Waals surface area contributed by atoms with Gasteiger partial charge in [-0.05, 0) is 48.8 Å². The van der Waals surface area contributed by atoms with Gasteiger partial charge in [0.2, 0.25) is 0 Å². The van der Waals surface area contributed by atoms with E-state index in [0.717, 1.165) is 11.5 Å². The molecule has 0 saturated carbocycles. The Bertz CT molecular complexity index is 846. The zero-order valence-electron chi connectivity index (χ0n) is 17.7. The van der Waals surface area contributed by atoms with E-state index >= 15 is 0 Å². The van der Waals surface area contributed by atoms with Crippen molar-refractivity contribution in [3.05, 3.63) is 70.8 Å². The quantitative estimate of drug-likeness (QED) is 0.400. The molecule has 0 heterocycles. The summed E-state index contributed by atoms with van der Waals surface area (Å²) in [6, 6.07) is 14.6. The number of rotatable bonds is 6. The highest BCUT2D eigenvalue weighted by Gasteiger charge is 2.31. The molecule has 0 unspecified atom stereocenters. The predicted molar refractivity (Wildman–Crippen MR) is 119 cm³/mol. The zero-order valence-corrected chi connectivity index (χ0v) is 17.7. The Morgan fingerprint density at radius 2 is 1.75 bits per heavy atom. The van der Waals surface area contributed by atoms with Gasteiger partial charge >= 0.3 is 0 Å². The molecule has 3 rings (SSSR count). The molecule has 0 spiro atoms. The molecule has 2 nitrogen and oxygen atoms in total. The standard InChI is InChI=1S/C26H32O2/c1-18(2)23-14-11-19(3)15-24(23)26-21(13-12-20-9-7-6-8-10-20)16-22(27-4)17-25(26)28-5/h6-10,12-13,15-18,23-24H,11,14H2,1-5H3/b13-12+/t23-,24+/m1/s1. The maximum Gasteiger partial charge on any atom is 0.126 e. The summed E-state index contributed by atoms with van der Waals surface area (Å²) >= 11 is 0. The van der Waals surface area contributed by atoms with Crippen molar-refractivity contribution >= 4 is 12.2 Å². The first-order valence-electron chi connectivity index (χ1n) is 10.2. The van der Waals surface area contributed by atoms with E-state index in [1.54, 1.807) is 14.2 Å². The molecule has 0 amide bonds. The molecule has 2 atom stereocenters. The van der Waals surface area contributed by atoms with Crippen molar-refractivity contribution in [2.75, 3.05) is 14.2 Å². The van der Waals surface area contributed by atoms with E-state index < -0.39 is 0 Å². The highest BCUT2D eigenvalue weighted by molar-refractivity contribution is 5.74. The van der Waals surface area contributed by atoms with E-state index in [2.05, 4.69) is 69.3 Å². The Morgan fingerprint density at radius 1 is 1.00 bits per heavy atom. The highest BCUT2D eigenvalue weighted by Crippen LogP contribution is 2.46. The van der Waals surface area contributed by atoms with Gasteiger partial charge in [0, 0.05) is 17.5 Å². The van der Waals surface area contributed by atoms with E-state index in [1.807, 2.05) is 12.1 Å². The van der Waals surface area contributed by atoms with Gasteiger partial charge in [0.05, 0.1) is 14.2 Å². The summed E-state index contributed by atoms with van der Waals surface area (Å²) in [6.07, 6.45) is 9.24. The number of ether oxygens (including phenoxy) is 2. The molecule has 2 aromatic carbocycles. The maximum absolute atomic E-state index is 5.85. The summed E-state index contributed by atoms with van der Waals surface area (Å²) in [6.45, 7) is 6.92. The number of methoxy groups -OCH3 is 2. The van der Waals surface area contributed by atoms with Crippen molar-refractivity contribution in [1.82, 2.24) is 0 Å². The molecule has 0 aromatic heterocycles. The van der Waals surface area contributed by atoms with E-state index in [9.17, 15) is 0 Å². The normalized spacial score (nSPS) is 19.7. The molecule has 2 aromatic rings. The van der Waals surface area contributed by atoms with Crippen LogP contribution in [0, 0.1) is 11.8 Å². The fraction of sp³-hybridized carbons (Fsp3) is 0.385. The fourth-order valence-corrected chi connectivity index (χ4v) is 4.29. The van der Waals surface area contributed by atoms with Crippen molar-refractivity contribution in [3.8, 4) is 11.5 Å². The van der Waals surface area contributed by atoms with E-state index in [-0.39, 0.29) is 0 Å². The smallest absolute Gasteiger partial charge is 0.126 e. The third kappa shape index (κ3) is 4.49. The van der Waals surface area contributed by atoms with E-state index in [0.29, 0.717) is 17.8 Å². The molecule has 28 heavy (non-hydrogen) atoms. The van der Waals surface area contributed by atoms with Crippen LogP contribution in [0.4, 0.5) is 0 Å². The lowest BCUT2D eigenvalue weighted by Crippen LogP contribution is -2.22. The molecule has 148 valence electrons. The highest BCUT2D eigenvalue weighted by atomic mass is 16.5. The second-order valence-corrected chi connectivity index (χ2v) is 8.06. The van der Waals surface area contributed by atoms with Crippen molar-refractivity contribution in [2.24, 2.45) is 11.8 Å². The first kappa shape index (κ1) is 20.3. The minimum Gasteiger partial charge on any atom is -0.497 e. The summed E-state index contributed by atoms with van der Waals surface area (Å²) in [5, 5.41) is 0. The van der Waals surface area contributed by atoms with Gasteiger partial charge in [0.1, 0.15) is 11.5 Å². The number of allylic oxidation sites excluding steroid dienone is 2. The van der Waals surface area contributed by atoms with Gasteiger partial charge in [0.15, 0.2) is 0 Å². The molecule has 2 heteroatoms. The largest absolute Gasteiger partial charge is 0.497 e. The molecule has 1 aliphatic carbocycles. The van der Waals surface area contributed by atoms with Crippen LogP contribution < -0.4 is 9.47 Å². The minimum absolute atomic E-state index is 0.352. The summed E-state index contributed by atoms with van der Waals surface area (Å²) in [4.78, 5) is 0. The van der Waals surface area contributed by atoms with Crippen LogP contribution in [0.5, 0.6) is 11.5 Å². The lowest BCUT2D eigenvalue weighted by atomic mass is 9.71. The fourth-order valence-electron chi connectivity index (χ4n) is 4.29. The number of hydrogen-bond acceptors (Lipinski definition) is 2. The predicted octanol–water partition coefficient (Wildman–Crippen LogP) is 6.97. The molecule has 0 aliphatic heterocycles. The van der Waals surface area contributed by atoms with Gasteiger partial charge in [-0.15, -0.1) is 0 Å². The Morgan fingerprint density at radius 3 is 2.39 bits per heavy atom. The van der Waals surface area contributed by atoms with Crippen LogP contribution in [0.2, 0.25) is 0 Å². The number of benzene rings is 2. The third-order valence-electron chi connectivity index (χ3n) is 5.85. The molecule has 1 aliphatic rings. The Balaban J connectivity index is 2.14. The van der Waals surface area contributed by atoms with Crippen LogP contribution in [0.25, 0.3) is 12.2 Å². The molecule has 0 N–H and O–H groups in total. The molecule has 0 saturated heterocycles. The molecule has 0 fully saturated rings. The van der Waals surface area contributed by atoms with Crippen LogP contribution in [-0.2, 0) is 0 Å². The summed E-state index contributed by atoms with van der Waals surface area (Å²) < 4.78 is 11.4. The first-order chi connectivity index (χ1) is 13.5. The van der Waals surface area contributed by atoms with E-state index in [4.69, 9.17) is 9.47 Å². The van der Waals surface area contributed by atoms with Gasteiger partial charge in [-0.1, -0.05) is 68.0 Å². The van der Waals surface area contributed by atoms with Crippen LogP contribution in [0.1, 0.15) is 56.2 Å². The van der Waals surface area contributed by atoms with E-state index in [1.165, 1.54) is 35.1 Å². The SMILES string of the molecule is COc1cc(/C=C/c2ccccc2)c([C@H]2C=C(C)CC[C@@H]2C(C)C)c(OC)c1. The lowest BCUT2D eigenvalue weighted by Gasteiger charge is -2.34. The second kappa shape index (κ2) is 9.14. The van der Waals surface area contributed by atoms with Crippen molar-refractivity contribution in [3.63, 3.8) is 0 Å². The van der Waals surface area contributed by atoms with Crippen LogP contribution in [0.3, 0.4) is 0 Å². The summed E-state index contributed by atoms with van der Waals surface area (Å²) in [5.74, 6) is 3.31. The van der Waals surface area contributed by atoms with Crippen molar-refractivity contribution in [1.29, 1.82) is 0 Å². The average Bonchev–Trinajstić information content (AvgIpc) is 2.71. The maximum atomic E-state index is 5.85. The molecule has 0 radical (unpaired) electrons. The van der Waals surface area contributed by atoms with Gasteiger partial charge in [-0.2, -0.15) is 0 Å². The molecular formula is C26H32O2. The van der Waals surface area contributed by atoms with Gasteiger partial charge in [-0.3, -0.25) is 0 Å². The topological polar surface area (TPSA) is 18.5 Å².